The van der Waals surface area contributed by atoms with Gasteiger partial charge >= 0.3 is 0 Å². The molecule has 0 aliphatic carbocycles. The minimum Gasteiger partial charge on any atom is -0.390 e. The SMILES string of the molecule is CC(C)/C=C(\C/C=C\CN=CN)C(C)(F)F. The van der Waals surface area contributed by atoms with Crippen molar-refractivity contribution < 1.29 is 8.78 Å². The summed E-state index contributed by atoms with van der Waals surface area (Å²) in [5, 5.41) is 0. The number of halogens is 2. The van der Waals surface area contributed by atoms with Crippen LogP contribution in [0.2, 0.25) is 0 Å². The second kappa shape index (κ2) is 7.14. The first kappa shape index (κ1) is 14.8. The number of hydrogen-bond donors (Lipinski definition) is 1. The molecule has 0 amide bonds. The van der Waals surface area contributed by atoms with E-state index in [1.165, 1.54) is 6.34 Å². The Labute approximate surface area is 95.9 Å². The molecule has 0 radical (unpaired) electrons. The van der Waals surface area contributed by atoms with E-state index in [4.69, 9.17) is 5.73 Å². The smallest absolute Gasteiger partial charge is 0.266 e. The van der Waals surface area contributed by atoms with Gasteiger partial charge in [0.2, 0.25) is 0 Å². The van der Waals surface area contributed by atoms with E-state index in [1.807, 2.05) is 13.8 Å². The van der Waals surface area contributed by atoms with Crippen LogP contribution in [0.3, 0.4) is 0 Å². The molecule has 0 aromatic carbocycles. The molecule has 0 saturated heterocycles. The van der Waals surface area contributed by atoms with E-state index in [9.17, 15) is 8.78 Å². The third-order valence-electron chi connectivity index (χ3n) is 1.92. The van der Waals surface area contributed by atoms with Gasteiger partial charge in [-0.2, -0.15) is 0 Å². The van der Waals surface area contributed by atoms with E-state index >= 15 is 0 Å². The number of nitrogens with two attached hydrogens (primary N) is 1. The summed E-state index contributed by atoms with van der Waals surface area (Å²) in [5.74, 6) is -2.64. The summed E-state index contributed by atoms with van der Waals surface area (Å²) in [4.78, 5) is 3.75. The molecule has 0 bridgehead atoms. The van der Waals surface area contributed by atoms with Crippen LogP contribution in [-0.4, -0.2) is 18.8 Å². The predicted octanol–water partition coefficient (Wildman–Crippen LogP) is 3.16. The fourth-order valence-electron chi connectivity index (χ4n) is 1.20. The van der Waals surface area contributed by atoms with Gasteiger partial charge in [0.1, 0.15) is 0 Å². The van der Waals surface area contributed by atoms with E-state index in [2.05, 4.69) is 4.99 Å². The van der Waals surface area contributed by atoms with Crippen LogP contribution in [0.5, 0.6) is 0 Å². The molecule has 0 fully saturated rings. The van der Waals surface area contributed by atoms with Crippen LogP contribution in [0, 0.1) is 5.92 Å². The lowest BCUT2D eigenvalue weighted by Gasteiger charge is -2.15. The van der Waals surface area contributed by atoms with Crippen LogP contribution in [0.25, 0.3) is 0 Å². The molecule has 2 N–H and O–H groups in total. The van der Waals surface area contributed by atoms with Crippen molar-refractivity contribution in [2.75, 3.05) is 6.54 Å². The van der Waals surface area contributed by atoms with Crippen molar-refractivity contribution >= 4 is 6.34 Å². The fraction of sp³-hybridized carbons (Fsp3) is 0.583. The lowest BCUT2D eigenvalue weighted by molar-refractivity contribution is 0.0605. The molecule has 0 aliphatic heterocycles. The standard InChI is InChI=1S/C12H20F2N2/c1-10(2)8-11(12(3,13)14)6-4-5-7-16-9-15/h4-5,8-10H,6-7H2,1-3H3,(H2,15,16)/b5-4-,11-8+. The van der Waals surface area contributed by atoms with E-state index in [-0.39, 0.29) is 17.9 Å². The third kappa shape index (κ3) is 7.15. The van der Waals surface area contributed by atoms with Gasteiger partial charge in [-0.15, -0.1) is 0 Å². The number of hydrogen-bond acceptors (Lipinski definition) is 1. The largest absolute Gasteiger partial charge is 0.390 e. The maximum atomic E-state index is 13.2. The molecule has 0 unspecified atom stereocenters. The minimum atomic E-state index is -2.76. The molecular weight excluding hydrogens is 210 g/mol. The minimum absolute atomic E-state index is 0.122. The molecule has 16 heavy (non-hydrogen) atoms. The zero-order valence-corrected chi connectivity index (χ0v) is 10.1. The van der Waals surface area contributed by atoms with Crippen molar-refractivity contribution in [3.05, 3.63) is 23.8 Å². The Morgan fingerprint density at radius 1 is 1.38 bits per heavy atom. The second-order valence-electron chi connectivity index (χ2n) is 4.01. The summed E-state index contributed by atoms with van der Waals surface area (Å²) in [6.45, 7) is 5.12. The molecular formula is C12H20F2N2. The maximum Gasteiger partial charge on any atom is 0.266 e. The Bertz CT molecular complexity index is 273. The van der Waals surface area contributed by atoms with Crippen LogP contribution in [0.4, 0.5) is 8.78 Å². The molecule has 0 rings (SSSR count). The first-order chi connectivity index (χ1) is 7.38. The van der Waals surface area contributed by atoms with Gasteiger partial charge in [-0.05, 0) is 17.9 Å². The van der Waals surface area contributed by atoms with Crippen molar-refractivity contribution in [3.63, 3.8) is 0 Å². The normalized spacial score (nSPS) is 14.5. The summed E-state index contributed by atoms with van der Waals surface area (Å²) in [6, 6.07) is 0. The third-order valence-corrected chi connectivity index (χ3v) is 1.92. The molecule has 0 heterocycles. The predicted molar refractivity (Wildman–Crippen MR) is 64.8 cm³/mol. The molecule has 4 heteroatoms. The zero-order chi connectivity index (χ0) is 12.6. The van der Waals surface area contributed by atoms with Gasteiger partial charge in [0.15, 0.2) is 0 Å². The molecule has 2 nitrogen and oxygen atoms in total. The van der Waals surface area contributed by atoms with E-state index in [1.54, 1.807) is 18.2 Å². The highest BCUT2D eigenvalue weighted by Gasteiger charge is 2.26. The lowest BCUT2D eigenvalue weighted by atomic mass is 10.0. The summed E-state index contributed by atoms with van der Waals surface area (Å²) in [7, 11) is 0. The molecule has 0 spiro atoms. The topological polar surface area (TPSA) is 38.4 Å². The van der Waals surface area contributed by atoms with Crippen LogP contribution < -0.4 is 5.73 Å². The monoisotopic (exact) mass is 230 g/mol. The van der Waals surface area contributed by atoms with Crippen molar-refractivity contribution in [2.24, 2.45) is 16.6 Å². The van der Waals surface area contributed by atoms with Gasteiger partial charge in [-0.1, -0.05) is 32.1 Å². The quantitative estimate of drug-likeness (QED) is 0.425. The summed E-state index contributed by atoms with van der Waals surface area (Å²) >= 11 is 0. The Morgan fingerprint density at radius 3 is 2.44 bits per heavy atom. The number of allylic oxidation sites excluding steroid dienone is 3. The van der Waals surface area contributed by atoms with Crippen molar-refractivity contribution in [3.8, 4) is 0 Å². The van der Waals surface area contributed by atoms with Gasteiger partial charge in [-0.3, -0.25) is 4.99 Å². The summed E-state index contributed by atoms with van der Waals surface area (Å²) in [6.07, 6.45) is 6.48. The fourth-order valence-corrected chi connectivity index (χ4v) is 1.20. The van der Waals surface area contributed by atoms with Crippen molar-refractivity contribution in [1.29, 1.82) is 0 Å². The van der Waals surface area contributed by atoms with Crippen LogP contribution >= 0.6 is 0 Å². The average Bonchev–Trinajstić information content (AvgIpc) is 2.13. The number of alkyl halides is 2. The van der Waals surface area contributed by atoms with E-state index in [0.29, 0.717) is 6.54 Å². The van der Waals surface area contributed by atoms with Crippen LogP contribution in [0.15, 0.2) is 28.8 Å². The second-order valence-corrected chi connectivity index (χ2v) is 4.01. The molecule has 0 saturated carbocycles. The number of aliphatic imine (C=N–C) groups is 1. The molecule has 0 aromatic rings. The van der Waals surface area contributed by atoms with Gasteiger partial charge < -0.3 is 5.73 Å². The van der Waals surface area contributed by atoms with E-state index < -0.39 is 5.92 Å². The number of rotatable bonds is 6. The summed E-state index contributed by atoms with van der Waals surface area (Å²) < 4.78 is 26.3. The van der Waals surface area contributed by atoms with Gasteiger partial charge in [0.05, 0.1) is 12.9 Å². The van der Waals surface area contributed by atoms with Crippen molar-refractivity contribution in [1.82, 2.24) is 0 Å². The molecule has 0 atom stereocenters. The van der Waals surface area contributed by atoms with Gasteiger partial charge in [0.25, 0.3) is 5.92 Å². The zero-order valence-electron chi connectivity index (χ0n) is 10.1. The average molecular weight is 230 g/mol. The maximum absolute atomic E-state index is 13.2. The number of nitrogens with zero attached hydrogens (tertiary/aromatic N) is 1. The van der Waals surface area contributed by atoms with Crippen LogP contribution in [0.1, 0.15) is 27.2 Å². The van der Waals surface area contributed by atoms with Crippen LogP contribution in [-0.2, 0) is 0 Å². The Morgan fingerprint density at radius 2 is 2.00 bits per heavy atom. The first-order valence-electron chi connectivity index (χ1n) is 5.32. The molecule has 92 valence electrons. The van der Waals surface area contributed by atoms with Gasteiger partial charge in [0, 0.05) is 6.92 Å². The Kier molecular flexibility index (Phi) is 6.61. The summed E-state index contributed by atoms with van der Waals surface area (Å²) in [5.41, 5.74) is 5.20. The lowest BCUT2D eigenvalue weighted by Crippen LogP contribution is -2.14. The Balaban J connectivity index is 4.41. The molecule has 0 aromatic heterocycles. The van der Waals surface area contributed by atoms with E-state index in [0.717, 1.165) is 6.92 Å². The highest BCUT2D eigenvalue weighted by Crippen LogP contribution is 2.27. The highest BCUT2D eigenvalue weighted by atomic mass is 19.3. The first-order valence-corrected chi connectivity index (χ1v) is 5.32. The molecule has 0 aliphatic rings. The highest BCUT2D eigenvalue weighted by molar-refractivity contribution is 5.51. The van der Waals surface area contributed by atoms with Crippen molar-refractivity contribution in [2.45, 2.75) is 33.1 Å². The Hall–Kier alpha value is -1.19. The van der Waals surface area contributed by atoms with Gasteiger partial charge in [-0.25, -0.2) is 8.78 Å².